The first-order valence-electron chi connectivity index (χ1n) is 8.90. The molecule has 0 atom stereocenters. The Bertz CT molecular complexity index is 1260. The van der Waals surface area contributed by atoms with Crippen LogP contribution in [-0.2, 0) is 0 Å². The van der Waals surface area contributed by atoms with Crippen molar-refractivity contribution in [3.63, 3.8) is 0 Å². The van der Waals surface area contributed by atoms with Gasteiger partial charge in [-0.15, -0.1) is 10.2 Å². The molecule has 3 aromatic carbocycles. The minimum atomic E-state index is -4.94. The van der Waals surface area contributed by atoms with Crippen molar-refractivity contribution in [3.05, 3.63) is 88.7 Å². The van der Waals surface area contributed by atoms with Crippen LogP contribution in [0.5, 0.6) is 5.75 Å². The van der Waals surface area contributed by atoms with E-state index in [0.717, 1.165) is 33.3 Å². The highest BCUT2D eigenvalue weighted by molar-refractivity contribution is 6.31. The number of fused-ring (bicyclic) bond motifs is 1. The van der Waals surface area contributed by atoms with E-state index in [2.05, 4.69) is 4.99 Å². The molecule has 0 aliphatic rings. The second-order valence-corrected chi connectivity index (χ2v) is 7.70. The lowest BCUT2D eigenvalue weighted by Gasteiger charge is -2.17. The van der Waals surface area contributed by atoms with Crippen LogP contribution in [0.2, 0.25) is 5.02 Å². The van der Waals surface area contributed by atoms with Crippen LogP contribution in [0.4, 0.5) is 5.69 Å². The third kappa shape index (κ3) is 6.53. The first-order chi connectivity index (χ1) is 14.6. The van der Waals surface area contributed by atoms with Crippen LogP contribution in [0.3, 0.4) is 0 Å². The summed E-state index contributed by atoms with van der Waals surface area (Å²) >= 11 is 6.25. The number of hydrogen-bond donors (Lipinski definition) is 2. The molecule has 1 heterocycles. The summed E-state index contributed by atoms with van der Waals surface area (Å²) in [5.41, 5.74) is 3.56. The Morgan fingerprint density at radius 1 is 0.903 bits per heavy atom. The number of hydrogen-bond acceptors (Lipinski definition) is 6. The number of nitrogens with one attached hydrogen (secondary N) is 1. The van der Waals surface area contributed by atoms with Crippen LogP contribution < -0.4 is 29.0 Å². The monoisotopic (exact) mass is 461 g/mol. The second-order valence-electron chi connectivity index (χ2n) is 6.54. The maximum absolute atomic E-state index is 9.90. The van der Waals surface area contributed by atoms with Crippen molar-refractivity contribution >= 4 is 28.3 Å². The molecule has 9 heteroatoms. The molecule has 0 spiro atoms. The third-order valence-corrected chi connectivity index (χ3v) is 4.67. The lowest BCUT2D eigenvalue weighted by atomic mass is 10.1. The maximum atomic E-state index is 9.90. The van der Waals surface area contributed by atoms with E-state index in [1.165, 1.54) is 0 Å². The van der Waals surface area contributed by atoms with Gasteiger partial charge in [-0.25, -0.2) is 23.6 Å². The van der Waals surface area contributed by atoms with Gasteiger partial charge in [0.1, 0.15) is 17.1 Å². The summed E-state index contributed by atoms with van der Waals surface area (Å²) in [6.07, 6.45) is 0. The molecule has 7 nitrogen and oxygen atoms in total. The van der Waals surface area contributed by atoms with Crippen LogP contribution in [0, 0.1) is 17.2 Å². The van der Waals surface area contributed by atoms with Gasteiger partial charge in [-0.1, -0.05) is 48.0 Å². The van der Waals surface area contributed by atoms with Gasteiger partial charge < -0.3 is 9.52 Å². The Morgan fingerprint density at radius 3 is 2.23 bits per heavy atom. The molecule has 0 aliphatic carbocycles. The number of halogens is 2. The van der Waals surface area contributed by atoms with E-state index in [1.54, 1.807) is 18.2 Å². The average molecular weight is 462 g/mol. The van der Waals surface area contributed by atoms with Crippen molar-refractivity contribution < 1.29 is 43.4 Å². The van der Waals surface area contributed by atoms with Crippen LogP contribution in [-0.4, -0.2) is 5.11 Å². The summed E-state index contributed by atoms with van der Waals surface area (Å²) < 4.78 is 40.0. The molecule has 0 unspecified atom stereocenters. The van der Waals surface area contributed by atoms with Gasteiger partial charge in [-0.05, 0) is 30.7 Å². The summed E-state index contributed by atoms with van der Waals surface area (Å²) in [4.78, 5) is 3.40. The van der Waals surface area contributed by atoms with Gasteiger partial charge in [0.2, 0.25) is 11.0 Å². The lowest BCUT2D eigenvalue weighted by molar-refractivity contribution is -2.00. The van der Waals surface area contributed by atoms with Gasteiger partial charge in [0.25, 0.3) is 0 Å². The molecule has 31 heavy (non-hydrogen) atoms. The van der Waals surface area contributed by atoms with Crippen molar-refractivity contribution in [2.75, 3.05) is 0 Å². The molecule has 2 N–H and O–H groups in total. The van der Waals surface area contributed by atoms with Gasteiger partial charge in [-0.2, -0.15) is 0 Å². The molecular formula is C22H17Cl2NO6. The highest BCUT2D eigenvalue weighted by Crippen LogP contribution is 2.23. The van der Waals surface area contributed by atoms with E-state index >= 15 is 0 Å². The SMILES string of the molecule is Cc1ccc([NH+]=c2cc(-c3ccccc3)oc3ccc(O)cc23)cc1Cl.[O-][Cl+3]([O-])([O-])[O-]. The Morgan fingerprint density at radius 2 is 1.58 bits per heavy atom. The minimum Gasteiger partial charge on any atom is -0.508 e. The zero-order valence-electron chi connectivity index (χ0n) is 16.2. The van der Waals surface area contributed by atoms with Crippen molar-refractivity contribution in [3.8, 4) is 17.1 Å². The highest BCUT2D eigenvalue weighted by Gasteiger charge is 2.11. The van der Waals surface area contributed by atoms with Crippen LogP contribution >= 0.6 is 11.6 Å². The number of phenols is 1. The molecule has 0 bridgehead atoms. The summed E-state index contributed by atoms with van der Waals surface area (Å²) in [7, 11) is -4.94. The fourth-order valence-corrected chi connectivity index (χ4v) is 3.03. The number of benzene rings is 3. The van der Waals surface area contributed by atoms with E-state index in [9.17, 15) is 5.11 Å². The lowest BCUT2D eigenvalue weighted by Crippen LogP contribution is -2.70. The molecule has 0 fully saturated rings. The smallest absolute Gasteiger partial charge is 0.218 e. The second kappa shape index (κ2) is 9.49. The number of rotatable bonds is 2. The molecule has 0 saturated heterocycles. The molecule has 1 aromatic heterocycles. The number of aryl methyl sites for hydroxylation is 1. The van der Waals surface area contributed by atoms with Crippen LogP contribution in [0.1, 0.15) is 5.56 Å². The van der Waals surface area contributed by atoms with Gasteiger partial charge in [0.05, 0.1) is 16.5 Å². The summed E-state index contributed by atoms with van der Waals surface area (Å²) in [6.45, 7) is 1.97. The normalized spacial score (nSPS) is 11.9. The van der Waals surface area contributed by atoms with Gasteiger partial charge in [0, 0.05) is 17.7 Å². The number of phenolic OH excluding ortho intramolecular Hbond substituents is 1. The van der Waals surface area contributed by atoms with Crippen molar-refractivity contribution in [1.29, 1.82) is 0 Å². The topological polar surface area (TPSA) is 140 Å². The van der Waals surface area contributed by atoms with E-state index in [4.69, 9.17) is 34.7 Å². The van der Waals surface area contributed by atoms with Gasteiger partial charge in [0.15, 0.2) is 0 Å². The molecule has 0 aliphatic heterocycles. The Hall–Kier alpha value is -2.91. The highest BCUT2D eigenvalue weighted by atomic mass is 35.7. The number of aromatic hydroxyl groups is 1. The molecule has 0 amide bonds. The molecule has 4 aromatic rings. The fraction of sp³-hybridized carbons (Fsp3) is 0.0455. The summed E-state index contributed by atoms with van der Waals surface area (Å²) in [5, 5.41) is 12.2. The maximum Gasteiger partial charge on any atom is 0.218 e. The van der Waals surface area contributed by atoms with Crippen molar-refractivity contribution in [2.24, 2.45) is 0 Å². The van der Waals surface area contributed by atoms with E-state index < -0.39 is 10.2 Å². The zero-order valence-corrected chi connectivity index (χ0v) is 17.7. The first-order valence-corrected chi connectivity index (χ1v) is 10.5. The van der Waals surface area contributed by atoms with E-state index in [0.29, 0.717) is 10.6 Å². The Balaban J connectivity index is 0.000000491. The summed E-state index contributed by atoms with van der Waals surface area (Å²) in [5.74, 6) is 0.926. The zero-order chi connectivity index (χ0) is 22.6. The van der Waals surface area contributed by atoms with E-state index in [-0.39, 0.29) is 5.75 Å². The first kappa shape index (κ1) is 22.8. The predicted octanol–water partition coefficient (Wildman–Crippen LogP) is -0.676. The average Bonchev–Trinajstić information content (AvgIpc) is 2.70. The molecule has 0 saturated carbocycles. The fourth-order valence-electron chi connectivity index (χ4n) is 2.85. The Kier molecular flexibility index (Phi) is 6.97. The standard InChI is InChI=1S/C22H16ClNO2.ClHO4/c1-14-7-8-16(11-19(14)23)24-20-13-22(15-5-3-2-4-6-15)26-21-10-9-17(25)12-18(20)21;2-1(3,4)5/h2-13,25H,1H3;(H,2,3,4,5). The van der Waals surface area contributed by atoms with Crippen LogP contribution in [0.25, 0.3) is 22.3 Å². The largest absolute Gasteiger partial charge is 0.508 e. The van der Waals surface area contributed by atoms with Gasteiger partial charge in [-0.3, -0.25) is 0 Å². The van der Waals surface area contributed by atoms with E-state index in [1.807, 2.05) is 61.5 Å². The van der Waals surface area contributed by atoms with Gasteiger partial charge >= 0.3 is 0 Å². The summed E-state index contributed by atoms with van der Waals surface area (Å²) in [6, 6.07) is 22.7. The van der Waals surface area contributed by atoms with Crippen LogP contribution in [0.15, 0.2) is 77.2 Å². The molecular weight excluding hydrogens is 445 g/mol. The van der Waals surface area contributed by atoms with Crippen molar-refractivity contribution in [1.82, 2.24) is 0 Å². The van der Waals surface area contributed by atoms with Crippen molar-refractivity contribution in [2.45, 2.75) is 6.92 Å². The quantitative estimate of drug-likeness (QED) is 0.405. The minimum absolute atomic E-state index is 0.185. The predicted molar refractivity (Wildman–Crippen MR) is 103 cm³/mol. The molecule has 4 rings (SSSR count). The molecule has 160 valence electrons. The Labute approximate surface area is 184 Å². The third-order valence-electron chi connectivity index (χ3n) is 4.26. The molecule has 0 radical (unpaired) electrons.